The fourth-order valence-corrected chi connectivity index (χ4v) is 2.06. The van der Waals surface area contributed by atoms with Gasteiger partial charge in [0.25, 0.3) is 0 Å². The molecule has 0 aliphatic heterocycles. The van der Waals surface area contributed by atoms with Gasteiger partial charge in [-0.15, -0.1) is 0 Å². The van der Waals surface area contributed by atoms with E-state index < -0.39 is 0 Å². The smallest absolute Gasteiger partial charge is 0.0962 e. The first-order valence-corrected chi connectivity index (χ1v) is 6.14. The highest BCUT2D eigenvalue weighted by Gasteiger charge is 2.33. The first-order valence-electron chi connectivity index (χ1n) is 6.14. The monoisotopic (exact) mass is 207 g/mol. The second kappa shape index (κ2) is 4.96. The molecule has 0 heterocycles. The molecule has 2 rings (SSSR count). The highest BCUT2D eigenvalue weighted by Crippen LogP contribution is 2.34. The van der Waals surface area contributed by atoms with Crippen LogP contribution in [0.2, 0.25) is 0 Å². The van der Waals surface area contributed by atoms with Gasteiger partial charge in [-0.3, -0.25) is 0 Å². The van der Waals surface area contributed by atoms with Crippen LogP contribution in [0.4, 0.5) is 0 Å². The van der Waals surface area contributed by atoms with Gasteiger partial charge in [0.1, 0.15) is 0 Å². The summed E-state index contributed by atoms with van der Waals surface area (Å²) < 4.78 is 0. The van der Waals surface area contributed by atoms with Crippen molar-refractivity contribution in [3.63, 3.8) is 0 Å². The predicted octanol–water partition coefficient (Wildman–Crippen LogP) is 1.36. The molecule has 2 aliphatic rings. The summed E-state index contributed by atoms with van der Waals surface area (Å²) in [7, 11) is 1.87. The van der Waals surface area contributed by atoms with Gasteiger partial charge in [0.05, 0.1) is 12.1 Å². The van der Waals surface area contributed by atoms with E-state index in [4.69, 9.17) is 5.26 Å². The molecule has 3 nitrogen and oxygen atoms in total. The molecule has 2 saturated carbocycles. The van der Waals surface area contributed by atoms with Gasteiger partial charge in [-0.2, -0.15) is 5.26 Å². The van der Waals surface area contributed by atoms with Crippen LogP contribution in [-0.2, 0) is 0 Å². The summed E-state index contributed by atoms with van der Waals surface area (Å²) in [5, 5.41) is 11.9. The molecule has 2 aliphatic carbocycles. The van der Waals surface area contributed by atoms with E-state index in [0.717, 1.165) is 24.9 Å². The fraction of sp³-hybridized carbons (Fsp3) is 0.917. The molecule has 0 amide bonds. The molecule has 1 N–H and O–H groups in total. The lowest BCUT2D eigenvalue weighted by atomic mass is 10.2. The average Bonchev–Trinajstić information content (AvgIpc) is 3.11. The van der Waals surface area contributed by atoms with Gasteiger partial charge in [0, 0.05) is 19.1 Å². The van der Waals surface area contributed by atoms with Gasteiger partial charge in [0.2, 0.25) is 0 Å². The van der Waals surface area contributed by atoms with Crippen molar-refractivity contribution in [3.05, 3.63) is 0 Å². The van der Waals surface area contributed by atoms with E-state index in [-0.39, 0.29) is 6.04 Å². The number of hydrogen-bond acceptors (Lipinski definition) is 3. The molecule has 15 heavy (non-hydrogen) atoms. The SMILES string of the molecule is CNC(C#N)CCN(CC1CC1)C1CC1. The quantitative estimate of drug-likeness (QED) is 0.685. The van der Waals surface area contributed by atoms with E-state index in [1.165, 1.54) is 32.2 Å². The molecular weight excluding hydrogens is 186 g/mol. The van der Waals surface area contributed by atoms with Crippen LogP contribution < -0.4 is 5.32 Å². The Kier molecular flexibility index (Phi) is 3.61. The maximum absolute atomic E-state index is 8.86. The minimum Gasteiger partial charge on any atom is -0.305 e. The normalized spacial score (nSPS) is 22.7. The van der Waals surface area contributed by atoms with E-state index in [0.29, 0.717) is 0 Å². The Hall–Kier alpha value is -0.590. The third-order valence-corrected chi connectivity index (χ3v) is 3.46. The zero-order valence-electron chi connectivity index (χ0n) is 9.58. The highest BCUT2D eigenvalue weighted by atomic mass is 15.2. The minimum absolute atomic E-state index is 0.0328. The summed E-state index contributed by atoms with van der Waals surface area (Å²) in [6.45, 7) is 2.38. The summed E-state index contributed by atoms with van der Waals surface area (Å²) in [6.07, 6.45) is 6.58. The molecule has 0 bridgehead atoms. The lowest BCUT2D eigenvalue weighted by Crippen LogP contribution is -2.34. The summed E-state index contributed by atoms with van der Waals surface area (Å²) in [6, 6.07) is 3.18. The summed E-state index contributed by atoms with van der Waals surface area (Å²) in [4.78, 5) is 2.61. The van der Waals surface area contributed by atoms with Gasteiger partial charge in [-0.1, -0.05) is 0 Å². The Morgan fingerprint density at radius 3 is 2.60 bits per heavy atom. The molecule has 1 unspecified atom stereocenters. The van der Waals surface area contributed by atoms with E-state index in [2.05, 4.69) is 16.3 Å². The molecule has 0 aromatic heterocycles. The first-order chi connectivity index (χ1) is 7.33. The van der Waals surface area contributed by atoms with Crippen molar-refractivity contribution in [1.29, 1.82) is 5.26 Å². The third kappa shape index (κ3) is 3.48. The van der Waals surface area contributed by atoms with Crippen molar-refractivity contribution in [2.45, 2.75) is 44.2 Å². The predicted molar refractivity (Wildman–Crippen MR) is 60.4 cm³/mol. The van der Waals surface area contributed by atoms with Crippen molar-refractivity contribution < 1.29 is 0 Å². The molecular formula is C12H21N3. The van der Waals surface area contributed by atoms with Crippen LogP contribution in [0.15, 0.2) is 0 Å². The van der Waals surface area contributed by atoms with Crippen molar-refractivity contribution in [3.8, 4) is 6.07 Å². The Morgan fingerprint density at radius 2 is 2.13 bits per heavy atom. The number of nitriles is 1. The van der Waals surface area contributed by atoms with E-state index in [1.54, 1.807) is 0 Å². The van der Waals surface area contributed by atoms with Crippen LogP contribution in [0.5, 0.6) is 0 Å². The number of rotatable bonds is 7. The van der Waals surface area contributed by atoms with Crippen LogP contribution >= 0.6 is 0 Å². The Labute approximate surface area is 92.4 Å². The summed E-state index contributed by atoms with van der Waals surface area (Å²) >= 11 is 0. The second-order valence-corrected chi connectivity index (χ2v) is 4.93. The molecule has 0 radical (unpaired) electrons. The molecule has 1 atom stereocenters. The number of hydrogen-bond donors (Lipinski definition) is 1. The van der Waals surface area contributed by atoms with Crippen LogP contribution in [-0.4, -0.2) is 37.1 Å². The fourth-order valence-electron chi connectivity index (χ4n) is 2.06. The summed E-state index contributed by atoms with van der Waals surface area (Å²) in [5.74, 6) is 0.973. The van der Waals surface area contributed by atoms with Gasteiger partial charge >= 0.3 is 0 Å². The molecule has 0 aromatic carbocycles. The molecule has 0 spiro atoms. The standard InChI is InChI=1S/C12H21N3/c1-14-11(8-13)6-7-15(12-4-5-12)9-10-2-3-10/h10-12,14H,2-7,9H2,1H3. The lowest BCUT2D eigenvalue weighted by Gasteiger charge is -2.22. The van der Waals surface area contributed by atoms with Crippen molar-refractivity contribution in [2.75, 3.05) is 20.1 Å². The number of nitrogens with zero attached hydrogens (tertiary/aromatic N) is 2. The van der Waals surface area contributed by atoms with E-state index in [9.17, 15) is 0 Å². The molecule has 0 aromatic rings. The van der Waals surface area contributed by atoms with Crippen LogP contribution in [0.25, 0.3) is 0 Å². The zero-order chi connectivity index (χ0) is 10.7. The highest BCUT2D eigenvalue weighted by molar-refractivity contribution is 4.92. The van der Waals surface area contributed by atoms with Crippen LogP contribution in [0, 0.1) is 17.2 Å². The Balaban J connectivity index is 1.71. The molecule has 0 saturated heterocycles. The van der Waals surface area contributed by atoms with Crippen LogP contribution in [0.1, 0.15) is 32.1 Å². The zero-order valence-corrected chi connectivity index (χ0v) is 9.58. The lowest BCUT2D eigenvalue weighted by molar-refractivity contribution is 0.244. The molecule has 84 valence electrons. The maximum Gasteiger partial charge on any atom is 0.0962 e. The van der Waals surface area contributed by atoms with Crippen molar-refractivity contribution in [2.24, 2.45) is 5.92 Å². The van der Waals surface area contributed by atoms with E-state index >= 15 is 0 Å². The maximum atomic E-state index is 8.86. The second-order valence-electron chi connectivity index (χ2n) is 4.93. The van der Waals surface area contributed by atoms with Gasteiger partial charge < -0.3 is 10.2 Å². The number of nitrogens with one attached hydrogen (secondary N) is 1. The third-order valence-electron chi connectivity index (χ3n) is 3.46. The van der Waals surface area contributed by atoms with E-state index in [1.807, 2.05) is 7.05 Å². The Bertz CT molecular complexity index is 238. The van der Waals surface area contributed by atoms with Crippen molar-refractivity contribution in [1.82, 2.24) is 10.2 Å². The first kappa shape index (κ1) is 10.9. The Morgan fingerprint density at radius 1 is 1.40 bits per heavy atom. The van der Waals surface area contributed by atoms with Crippen molar-refractivity contribution >= 4 is 0 Å². The molecule has 2 fully saturated rings. The van der Waals surface area contributed by atoms with Gasteiger partial charge in [-0.25, -0.2) is 0 Å². The largest absolute Gasteiger partial charge is 0.305 e. The van der Waals surface area contributed by atoms with Gasteiger partial charge in [-0.05, 0) is 45.1 Å². The molecule has 3 heteroatoms. The summed E-state index contributed by atoms with van der Waals surface area (Å²) in [5.41, 5.74) is 0. The average molecular weight is 207 g/mol. The topological polar surface area (TPSA) is 39.1 Å². The minimum atomic E-state index is 0.0328. The van der Waals surface area contributed by atoms with Crippen LogP contribution in [0.3, 0.4) is 0 Å². The van der Waals surface area contributed by atoms with Gasteiger partial charge in [0.15, 0.2) is 0 Å².